The molecule has 0 atom stereocenters. The van der Waals surface area contributed by atoms with E-state index in [0.717, 1.165) is 5.52 Å². The van der Waals surface area contributed by atoms with Gasteiger partial charge in [-0.15, -0.1) is 0 Å². The summed E-state index contributed by atoms with van der Waals surface area (Å²) in [5, 5.41) is 8.14. The Morgan fingerprint density at radius 3 is 2.27 bits per heavy atom. The molecule has 0 unspecified atom stereocenters. The van der Waals surface area contributed by atoms with Crippen molar-refractivity contribution in [1.29, 1.82) is 0 Å². The maximum Gasteiger partial charge on any atom is 0.0679 e. The molecule has 0 bridgehead atoms. The Kier molecular flexibility index (Phi) is 6.43. The predicted octanol–water partition coefficient (Wildman–Crippen LogP) is 4.48. The summed E-state index contributed by atoms with van der Waals surface area (Å²) in [6.07, 6.45) is 1.86. The zero-order chi connectivity index (χ0) is 11.8. The fraction of sp³-hybridized carbons (Fsp3) is 0.462. The minimum atomic E-state index is 0. The van der Waals surface area contributed by atoms with Crippen molar-refractivity contribution in [2.75, 3.05) is 0 Å². The second kappa shape index (κ2) is 7.04. The van der Waals surface area contributed by atoms with E-state index in [1.165, 1.54) is 16.5 Å². The van der Waals surface area contributed by atoms with E-state index < -0.39 is 0 Å². The maximum absolute atomic E-state index is 3.98. The number of fused-ring (bicyclic) bond motifs is 1. The lowest BCUT2D eigenvalue weighted by molar-refractivity contribution is 1.11. The Hall–Kier alpha value is -1.31. The third kappa shape index (κ3) is 3.39. The van der Waals surface area contributed by atoms with Gasteiger partial charge in [-0.1, -0.05) is 39.3 Å². The summed E-state index contributed by atoms with van der Waals surface area (Å²) in [4.78, 5) is 0. The van der Waals surface area contributed by atoms with Gasteiger partial charge in [0.25, 0.3) is 0 Å². The number of aromatic nitrogens is 2. The van der Waals surface area contributed by atoms with Crippen molar-refractivity contribution in [2.45, 2.75) is 41.5 Å². The van der Waals surface area contributed by atoms with E-state index in [1.807, 2.05) is 33.9 Å². The summed E-state index contributed by atoms with van der Waals surface area (Å²) < 4.78 is 0. The zero-order valence-electron chi connectivity index (χ0n) is 10.7. The Bertz CT molecular complexity index is 394. The summed E-state index contributed by atoms with van der Waals surface area (Å²) in [5.41, 5.74) is 3.70. The number of rotatable bonds is 0. The number of aromatic amines is 1. The first-order valence-electron chi connectivity index (χ1n) is 5.68. The topological polar surface area (TPSA) is 28.7 Å². The summed E-state index contributed by atoms with van der Waals surface area (Å²) in [5.74, 6) is 0. The lowest BCUT2D eigenvalue weighted by atomic mass is 10.1. The number of aryl methyl sites for hydroxylation is 2. The summed E-state index contributed by atoms with van der Waals surface area (Å²) in [7, 11) is 0. The van der Waals surface area contributed by atoms with Gasteiger partial charge in [0.15, 0.2) is 0 Å². The number of nitrogens with one attached hydrogen (secondary N) is 1. The van der Waals surface area contributed by atoms with Crippen LogP contribution in [0.5, 0.6) is 0 Å². The first-order valence-corrected chi connectivity index (χ1v) is 5.68. The molecule has 0 saturated carbocycles. The van der Waals surface area contributed by atoms with Crippen LogP contribution in [0, 0.1) is 13.8 Å². The number of hydrogen-bond donors (Lipinski definition) is 1. The van der Waals surface area contributed by atoms with E-state index >= 15 is 0 Å². The fourth-order valence-electron chi connectivity index (χ4n) is 1.42. The summed E-state index contributed by atoms with van der Waals surface area (Å²) >= 11 is 0. The monoisotopic (exact) mass is 208 g/mol. The van der Waals surface area contributed by atoms with Crippen molar-refractivity contribution in [2.24, 2.45) is 0 Å². The second-order valence-electron chi connectivity index (χ2n) is 2.92. The first-order chi connectivity index (χ1) is 7.27. The molecule has 0 aliphatic heterocycles. The maximum atomic E-state index is 3.98. The third-order valence-corrected chi connectivity index (χ3v) is 1.89. The van der Waals surface area contributed by atoms with Crippen LogP contribution in [0.2, 0.25) is 0 Å². The fourth-order valence-corrected chi connectivity index (χ4v) is 1.42. The Balaban J connectivity index is 0. The van der Waals surface area contributed by atoms with Crippen molar-refractivity contribution in [3.8, 4) is 0 Å². The third-order valence-electron chi connectivity index (χ3n) is 1.89. The Morgan fingerprint density at radius 2 is 1.67 bits per heavy atom. The van der Waals surface area contributed by atoms with Crippen LogP contribution in [-0.4, -0.2) is 10.2 Å². The molecule has 1 N–H and O–H groups in total. The van der Waals surface area contributed by atoms with Gasteiger partial charge < -0.3 is 0 Å². The minimum absolute atomic E-state index is 0. The van der Waals surface area contributed by atoms with Crippen molar-refractivity contribution in [1.82, 2.24) is 10.2 Å². The van der Waals surface area contributed by atoms with Crippen LogP contribution in [0.3, 0.4) is 0 Å². The van der Waals surface area contributed by atoms with Crippen LogP contribution < -0.4 is 0 Å². The quantitative estimate of drug-likeness (QED) is 0.679. The minimum Gasteiger partial charge on any atom is -0.278 e. The van der Waals surface area contributed by atoms with Crippen LogP contribution in [0.15, 0.2) is 18.3 Å². The highest BCUT2D eigenvalue weighted by Crippen LogP contribution is 2.16. The number of nitrogens with zero attached hydrogens (tertiary/aromatic N) is 1. The van der Waals surface area contributed by atoms with Gasteiger partial charge in [0.05, 0.1) is 11.7 Å². The highest BCUT2D eigenvalue weighted by Gasteiger charge is 1.98. The Morgan fingerprint density at radius 1 is 1.07 bits per heavy atom. The van der Waals surface area contributed by atoms with Crippen molar-refractivity contribution in [3.05, 3.63) is 29.5 Å². The van der Waals surface area contributed by atoms with Crippen LogP contribution in [0.25, 0.3) is 10.9 Å². The molecular formula is C13H24N2. The molecule has 0 aliphatic rings. The number of benzene rings is 1. The van der Waals surface area contributed by atoms with Crippen molar-refractivity contribution < 1.29 is 1.43 Å². The van der Waals surface area contributed by atoms with Crippen LogP contribution >= 0.6 is 0 Å². The van der Waals surface area contributed by atoms with E-state index in [4.69, 9.17) is 0 Å². The van der Waals surface area contributed by atoms with Gasteiger partial charge in [-0.3, -0.25) is 5.10 Å². The van der Waals surface area contributed by atoms with Gasteiger partial charge in [-0.25, -0.2) is 0 Å². The summed E-state index contributed by atoms with van der Waals surface area (Å²) in [6.45, 7) is 12.2. The standard InChI is InChI=1S/C9H10N2.2C2H6.H2/c1-6-3-7(2)9-8(4-6)5-10-11-9;2*1-2;/h3-5H,1-2H3,(H,10,11);2*1-2H3;1H. The molecule has 15 heavy (non-hydrogen) atoms. The molecule has 1 heterocycles. The second-order valence-corrected chi connectivity index (χ2v) is 2.92. The van der Waals surface area contributed by atoms with Gasteiger partial charge in [-0.2, -0.15) is 5.10 Å². The molecule has 0 aliphatic carbocycles. The molecule has 1 aromatic heterocycles. The van der Waals surface area contributed by atoms with E-state index in [-0.39, 0.29) is 1.43 Å². The van der Waals surface area contributed by atoms with Gasteiger partial charge in [-0.05, 0) is 25.5 Å². The predicted molar refractivity (Wildman–Crippen MR) is 70.4 cm³/mol. The molecule has 0 saturated heterocycles. The number of H-pyrrole nitrogens is 1. The van der Waals surface area contributed by atoms with E-state index in [1.54, 1.807) is 0 Å². The molecule has 0 radical (unpaired) electrons. The molecule has 0 amide bonds. The van der Waals surface area contributed by atoms with Crippen LogP contribution in [0.4, 0.5) is 0 Å². The molecule has 2 heteroatoms. The molecule has 86 valence electrons. The van der Waals surface area contributed by atoms with Gasteiger partial charge >= 0.3 is 0 Å². The van der Waals surface area contributed by atoms with Gasteiger partial charge in [0.2, 0.25) is 0 Å². The molecule has 2 aromatic rings. The smallest absolute Gasteiger partial charge is 0.0679 e. The average molecular weight is 208 g/mol. The largest absolute Gasteiger partial charge is 0.278 e. The first kappa shape index (κ1) is 13.7. The zero-order valence-corrected chi connectivity index (χ0v) is 10.7. The van der Waals surface area contributed by atoms with E-state index in [2.05, 4.69) is 36.2 Å². The highest BCUT2D eigenvalue weighted by atomic mass is 15.1. The molecular weight excluding hydrogens is 184 g/mol. The molecule has 0 spiro atoms. The van der Waals surface area contributed by atoms with E-state index in [9.17, 15) is 0 Å². The average Bonchev–Trinajstić information content (AvgIpc) is 2.72. The lowest BCUT2D eigenvalue weighted by Gasteiger charge is -1.96. The normalized spacial score (nSPS) is 8.67. The van der Waals surface area contributed by atoms with Gasteiger partial charge in [0.1, 0.15) is 0 Å². The SMILES string of the molecule is CC.CC.Cc1cc(C)c2[nH]ncc2c1.[HH]. The molecule has 2 rings (SSSR count). The highest BCUT2D eigenvalue weighted by molar-refractivity contribution is 5.81. The summed E-state index contributed by atoms with van der Waals surface area (Å²) in [6, 6.07) is 4.28. The van der Waals surface area contributed by atoms with Crippen LogP contribution in [-0.2, 0) is 0 Å². The molecule has 0 fully saturated rings. The van der Waals surface area contributed by atoms with Crippen molar-refractivity contribution in [3.63, 3.8) is 0 Å². The van der Waals surface area contributed by atoms with E-state index in [0.29, 0.717) is 0 Å². The van der Waals surface area contributed by atoms with Gasteiger partial charge in [0, 0.05) is 6.81 Å². The molecule has 1 aromatic carbocycles. The lowest BCUT2D eigenvalue weighted by Crippen LogP contribution is -1.78. The molecule has 2 nitrogen and oxygen atoms in total. The Labute approximate surface area is 94.2 Å². The van der Waals surface area contributed by atoms with Crippen molar-refractivity contribution >= 4 is 10.9 Å². The van der Waals surface area contributed by atoms with Crippen LogP contribution in [0.1, 0.15) is 40.2 Å². The number of hydrogen-bond acceptors (Lipinski definition) is 1.